The van der Waals surface area contributed by atoms with Gasteiger partial charge in [-0.3, -0.25) is 4.79 Å². The van der Waals surface area contributed by atoms with Crippen molar-refractivity contribution in [3.63, 3.8) is 0 Å². The van der Waals surface area contributed by atoms with Gasteiger partial charge in [0.05, 0.1) is 16.3 Å². The SMILES string of the molecule is Cc1ccc2nc(S[C@H](C)C(=O)N[C@@H](C)CCc3ccccc3)[nH]c2c1. The number of fused-ring (bicyclic) bond motifs is 1. The summed E-state index contributed by atoms with van der Waals surface area (Å²) < 4.78 is 0. The maximum absolute atomic E-state index is 12.5. The highest BCUT2D eigenvalue weighted by molar-refractivity contribution is 8.00. The van der Waals surface area contributed by atoms with Crippen LogP contribution in [0.5, 0.6) is 0 Å². The molecule has 1 aromatic heterocycles. The normalized spacial score (nSPS) is 13.5. The molecule has 3 aromatic rings. The molecule has 26 heavy (non-hydrogen) atoms. The molecule has 0 fully saturated rings. The number of carbonyl (C=O) groups is 1. The van der Waals surface area contributed by atoms with Gasteiger partial charge in [0.2, 0.25) is 5.91 Å². The van der Waals surface area contributed by atoms with Crippen LogP contribution in [0.1, 0.15) is 31.4 Å². The first-order chi connectivity index (χ1) is 12.5. The van der Waals surface area contributed by atoms with Crippen molar-refractivity contribution in [1.82, 2.24) is 15.3 Å². The summed E-state index contributed by atoms with van der Waals surface area (Å²) in [4.78, 5) is 20.3. The van der Waals surface area contributed by atoms with Crippen LogP contribution < -0.4 is 5.32 Å². The van der Waals surface area contributed by atoms with Crippen molar-refractivity contribution in [3.8, 4) is 0 Å². The van der Waals surface area contributed by atoms with Gasteiger partial charge >= 0.3 is 0 Å². The van der Waals surface area contributed by atoms with Gasteiger partial charge in [-0.15, -0.1) is 0 Å². The molecule has 0 aliphatic rings. The molecule has 0 unspecified atom stereocenters. The summed E-state index contributed by atoms with van der Waals surface area (Å²) in [7, 11) is 0. The number of aromatic nitrogens is 2. The maximum atomic E-state index is 12.5. The highest BCUT2D eigenvalue weighted by Crippen LogP contribution is 2.24. The average molecular weight is 368 g/mol. The minimum Gasteiger partial charge on any atom is -0.353 e. The van der Waals surface area contributed by atoms with E-state index < -0.39 is 0 Å². The van der Waals surface area contributed by atoms with E-state index in [-0.39, 0.29) is 17.2 Å². The lowest BCUT2D eigenvalue weighted by molar-refractivity contribution is -0.120. The molecule has 136 valence electrons. The second-order valence-corrected chi connectivity index (χ2v) is 8.09. The molecule has 1 amide bonds. The average Bonchev–Trinajstić information content (AvgIpc) is 3.02. The second kappa shape index (κ2) is 8.41. The molecule has 0 bridgehead atoms. The summed E-state index contributed by atoms with van der Waals surface area (Å²) in [5, 5.41) is 3.70. The van der Waals surface area contributed by atoms with Gasteiger partial charge in [-0.1, -0.05) is 48.2 Å². The van der Waals surface area contributed by atoms with Crippen LogP contribution in [0, 0.1) is 6.92 Å². The van der Waals surface area contributed by atoms with E-state index in [2.05, 4.69) is 47.3 Å². The molecule has 2 aromatic carbocycles. The van der Waals surface area contributed by atoms with Crippen molar-refractivity contribution < 1.29 is 4.79 Å². The third-order valence-corrected chi connectivity index (χ3v) is 5.36. The van der Waals surface area contributed by atoms with E-state index in [1.807, 2.05) is 37.3 Å². The van der Waals surface area contributed by atoms with Crippen molar-refractivity contribution in [3.05, 3.63) is 59.7 Å². The molecule has 0 radical (unpaired) electrons. The Morgan fingerprint density at radius 2 is 1.96 bits per heavy atom. The van der Waals surface area contributed by atoms with Crippen molar-refractivity contribution >= 4 is 28.7 Å². The van der Waals surface area contributed by atoms with Crippen LogP contribution in [-0.4, -0.2) is 27.2 Å². The van der Waals surface area contributed by atoms with Crippen molar-refractivity contribution in [2.45, 2.75) is 50.1 Å². The first-order valence-corrected chi connectivity index (χ1v) is 9.86. The lowest BCUT2D eigenvalue weighted by Crippen LogP contribution is -2.37. The molecule has 0 spiro atoms. The maximum Gasteiger partial charge on any atom is 0.233 e. The minimum atomic E-state index is -0.198. The van der Waals surface area contributed by atoms with E-state index >= 15 is 0 Å². The predicted octanol–water partition coefficient (Wildman–Crippen LogP) is 4.49. The van der Waals surface area contributed by atoms with Gasteiger partial charge in [-0.25, -0.2) is 4.98 Å². The third kappa shape index (κ3) is 4.88. The summed E-state index contributed by atoms with van der Waals surface area (Å²) in [5.41, 5.74) is 4.43. The number of nitrogens with one attached hydrogen (secondary N) is 2. The third-order valence-electron chi connectivity index (χ3n) is 4.37. The molecule has 4 nitrogen and oxygen atoms in total. The second-order valence-electron chi connectivity index (χ2n) is 6.76. The standard InChI is InChI=1S/C21H25N3OS/c1-14-9-12-18-19(13-14)24-21(23-18)26-16(3)20(25)22-15(2)10-11-17-7-5-4-6-8-17/h4-9,12-13,15-16H,10-11H2,1-3H3,(H,22,25)(H,23,24)/t15-,16+/m0/s1. The first kappa shape index (κ1) is 18.5. The highest BCUT2D eigenvalue weighted by Gasteiger charge is 2.18. The van der Waals surface area contributed by atoms with Gasteiger partial charge in [0, 0.05) is 6.04 Å². The number of nitrogens with zero attached hydrogens (tertiary/aromatic N) is 1. The van der Waals surface area contributed by atoms with E-state index in [0.29, 0.717) is 0 Å². The lowest BCUT2D eigenvalue weighted by atomic mass is 10.1. The molecular weight excluding hydrogens is 342 g/mol. The lowest BCUT2D eigenvalue weighted by Gasteiger charge is -2.16. The van der Waals surface area contributed by atoms with Crippen molar-refractivity contribution in [1.29, 1.82) is 0 Å². The Bertz CT molecular complexity index is 875. The van der Waals surface area contributed by atoms with E-state index in [0.717, 1.165) is 29.0 Å². The van der Waals surface area contributed by atoms with Crippen LogP contribution in [0.3, 0.4) is 0 Å². The molecule has 0 aliphatic heterocycles. The number of aromatic amines is 1. The number of aryl methyl sites for hydroxylation is 2. The van der Waals surface area contributed by atoms with E-state index in [1.165, 1.54) is 22.9 Å². The molecule has 3 rings (SSSR count). The summed E-state index contributed by atoms with van der Waals surface area (Å²) in [5.74, 6) is 0.0483. The predicted molar refractivity (Wildman–Crippen MR) is 109 cm³/mol. The fourth-order valence-electron chi connectivity index (χ4n) is 2.84. The zero-order chi connectivity index (χ0) is 18.5. The molecular formula is C21H25N3OS. The van der Waals surface area contributed by atoms with E-state index in [4.69, 9.17) is 0 Å². The van der Waals surface area contributed by atoms with Gasteiger partial charge in [-0.2, -0.15) is 0 Å². The van der Waals surface area contributed by atoms with Crippen LogP contribution in [0.25, 0.3) is 11.0 Å². The number of benzene rings is 2. The molecule has 5 heteroatoms. The summed E-state index contributed by atoms with van der Waals surface area (Å²) in [6, 6.07) is 16.6. The Hall–Kier alpha value is -2.27. The van der Waals surface area contributed by atoms with Gasteiger partial charge < -0.3 is 10.3 Å². The fraction of sp³-hybridized carbons (Fsp3) is 0.333. The van der Waals surface area contributed by atoms with Gasteiger partial charge in [0.1, 0.15) is 0 Å². The van der Waals surface area contributed by atoms with Crippen LogP contribution in [0.15, 0.2) is 53.7 Å². The largest absolute Gasteiger partial charge is 0.353 e. The Labute approximate surface area is 158 Å². The fourth-order valence-corrected chi connectivity index (χ4v) is 3.67. The zero-order valence-corrected chi connectivity index (χ0v) is 16.3. The highest BCUT2D eigenvalue weighted by atomic mass is 32.2. The van der Waals surface area contributed by atoms with Gasteiger partial charge in [-0.05, 0) is 56.9 Å². The van der Waals surface area contributed by atoms with E-state index in [1.54, 1.807) is 0 Å². The number of rotatable bonds is 7. The Morgan fingerprint density at radius 1 is 1.19 bits per heavy atom. The Kier molecular flexibility index (Phi) is 5.99. The van der Waals surface area contributed by atoms with E-state index in [9.17, 15) is 4.79 Å². The summed E-state index contributed by atoms with van der Waals surface area (Å²) in [6.45, 7) is 6.03. The molecule has 2 N–H and O–H groups in total. The number of carbonyl (C=O) groups excluding carboxylic acids is 1. The van der Waals surface area contributed by atoms with Crippen LogP contribution in [-0.2, 0) is 11.2 Å². The monoisotopic (exact) mass is 367 g/mol. The quantitative estimate of drug-likeness (QED) is 0.605. The molecule has 2 atom stereocenters. The summed E-state index contributed by atoms with van der Waals surface area (Å²) in [6.07, 6.45) is 1.89. The van der Waals surface area contributed by atoms with Gasteiger partial charge in [0.25, 0.3) is 0 Å². The molecule has 1 heterocycles. The minimum absolute atomic E-state index is 0.0483. The number of hydrogen-bond donors (Lipinski definition) is 2. The number of amides is 1. The molecule has 0 aliphatic carbocycles. The Morgan fingerprint density at radius 3 is 2.73 bits per heavy atom. The number of thioether (sulfide) groups is 1. The van der Waals surface area contributed by atoms with Gasteiger partial charge in [0.15, 0.2) is 5.16 Å². The topological polar surface area (TPSA) is 57.8 Å². The van der Waals surface area contributed by atoms with Crippen LogP contribution in [0.2, 0.25) is 0 Å². The number of H-pyrrole nitrogens is 1. The summed E-state index contributed by atoms with van der Waals surface area (Å²) >= 11 is 1.46. The smallest absolute Gasteiger partial charge is 0.233 e. The number of imidazole rings is 1. The molecule has 0 saturated carbocycles. The number of hydrogen-bond acceptors (Lipinski definition) is 3. The van der Waals surface area contributed by atoms with Crippen molar-refractivity contribution in [2.75, 3.05) is 0 Å². The zero-order valence-electron chi connectivity index (χ0n) is 15.5. The molecule has 0 saturated heterocycles. The van der Waals surface area contributed by atoms with Crippen molar-refractivity contribution in [2.24, 2.45) is 0 Å². The first-order valence-electron chi connectivity index (χ1n) is 8.98. The van der Waals surface area contributed by atoms with Crippen LogP contribution in [0.4, 0.5) is 0 Å². The van der Waals surface area contributed by atoms with Crippen LogP contribution >= 0.6 is 11.8 Å². The Balaban J connectivity index is 1.51.